The molecule has 1 fully saturated rings. The molecule has 1 unspecified atom stereocenters. The van der Waals surface area contributed by atoms with Gasteiger partial charge in [-0.2, -0.15) is 22.0 Å². The van der Waals surface area contributed by atoms with E-state index in [1.807, 2.05) is 0 Å². The molecule has 3 rings (SSSR count). The van der Waals surface area contributed by atoms with E-state index in [1.165, 1.54) is 18.6 Å². The number of benzene rings is 2. The van der Waals surface area contributed by atoms with Gasteiger partial charge in [0, 0.05) is 5.56 Å². The van der Waals surface area contributed by atoms with Gasteiger partial charge in [-0.25, -0.2) is 13.2 Å². The van der Waals surface area contributed by atoms with Crippen molar-refractivity contribution in [1.82, 2.24) is 0 Å². The van der Waals surface area contributed by atoms with Gasteiger partial charge in [-0.05, 0) is 66.8 Å². The van der Waals surface area contributed by atoms with Crippen LogP contribution in [0.1, 0.15) is 56.9 Å². The Morgan fingerprint density at radius 3 is 2.12 bits per heavy atom. The standard InChI is InChI=1S/C24H24F8O/c1-2-3-14-4-6-15(7-5-14)16-8-10-18(19(25)12-16)17-9-11-21(20(26)13-17)33-24(31,32)22(27)23(28,29)30/h8-15,22H,2-7H2,1H3. The maximum absolute atomic E-state index is 14.8. The van der Waals surface area contributed by atoms with Crippen molar-refractivity contribution in [3.05, 3.63) is 53.6 Å². The smallest absolute Gasteiger partial charge is 0.427 e. The monoisotopic (exact) mass is 480 g/mol. The van der Waals surface area contributed by atoms with Crippen LogP contribution in [0.2, 0.25) is 0 Å². The summed E-state index contributed by atoms with van der Waals surface area (Å²) in [5, 5.41) is 0. The van der Waals surface area contributed by atoms with Crippen molar-refractivity contribution < 1.29 is 39.9 Å². The number of ether oxygens (including phenoxy) is 1. The van der Waals surface area contributed by atoms with E-state index in [0.29, 0.717) is 18.1 Å². The summed E-state index contributed by atoms with van der Waals surface area (Å²) in [7, 11) is 0. The molecule has 1 aliphatic rings. The number of hydrogen-bond acceptors (Lipinski definition) is 1. The Labute approximate surface area is 186 Å². The van der Waals surface area contributed by atoms with Gasteiger partial charge in [0.15, 0.2) is 11.6 Å². The first-order valence-corrected chi connectivity index (χ1v) is 10.8. The second-order valence-electron chi connectivity index (χ2n) is 8.46. The van der Waals surface area contributed by atoms with Crippen LogP contribution in [-0.4, -0.2) is 18.5 Å². The van der Waals surface area contributed by atoms with E-state index >= 15 is 0 Å². The molecule has 33 heavy (non-hydrogen) atoms. The SMILES string of the molecule is CCCC1CCC(c2ccc(-c3ccc(OC(F)(F)C(F)C(F)(F)F)c(F)c3)c(F)c2)CC1. The second kappa shape index (κ2) is 9.89. The summed E-state index contributed by atoms with van der Waals surface area (Å²) in [6.07, 6.45) is -9.49. The van der Waals surface area contributed by atoms with E-state index in [4.69, 9.17) is 0 Å². The summed E-state index contributed by atoms with van der Waals surface area (Å²) in [5.41, 5.74) is 0.799. The van der Waals surface area contributed by atoms with Crippen LogP contribution in [0.4, 0.5) is 35.1 Å². The zero-order valence-corrected chi connectivity index (χ0v) is 17.9. The van der Waals surface area contributed by atoms with Crippen LogP contribution in [0.25, 0.3) is 11.1 Å². The number of halogens is 8. The van der Waals surface area contributed by atoms with E-state index in [0.717, 1.165) is 43.7 Å². The summed E-state index contributed by atoms with van der Waals surface area (Å²) in [6.45, 7) is 2.15. The molecule has 0 N–H and O–H groups in total. The van der Waals surface area contributed by atoms with Crippen molar-refractivity contribution in [3.63, 3.8) is 0 Å². The van der Waals surface area contributed by atoms with E-state index in [-0.39, 0.29) is 17.0 Å². The summed E-state index contributed by atoms with van der Waals surface area (Å²) in [5.74, 6) is -2.48. The van der Waals surface area contributed by atoms with Gasteiger partial charge in [-0.15, -0.1) is 0 Å². The molecule has 0 radical (unpaired) electrons. The van der Waals surface area contributed by atoms with E-state index in [1.54, 1.807) is 6.07 Å². The third-order valence-electron chi connectivity index (χ3n) is 6.08. The summed E-state index contributed by atoms with van der Waals surface area (Å²) in [6, 6.07) is 6.84. The predicted molar refractivity (Wildman–Crippen MR) is 108 cm³/mol. The minimum atomic E-state index is -5.89. The first-order valence-electron chi connectivity index (χ1n) is 10.8. The molecule has 1 nitrogen and oxygen atoms in total. The van der Waals surface area contributed by atoms with Crippen molar-refractivity contribution in [2.24, 2.45) is 5.92 Å². The Kier molecular flexibility index (Phi) is 7.59. The summed E-state index contributed by atoms with van der Waals surface area (Å²) >= 11 is 0. The van der Waals surface area contributed by atoms with Gasteiger partial charge in [0.2, 0.25) is 0 Å². The molecule has 1 saturated carbocycles. The van der Waals surface area contributed by atoms with Crippen molar-refractivity contribution in [3.8, 4) is 16.9 Å². The van der Waals surface area contributed by atoms with Crippen LogP contribution in [-0.2, 0) is 0 Å². The summed E-state index contributed by atoms with van der Waals surface area (Å²) in [4.78, 5) is 0. The molecular formula is C24H24F8O. The number of hydrogen-bond donors (Lipinski definition) is 0. The van der Waals surface area contributed by atoms with Gasteiger partial charge in [0.05, 0.1) is 0 Å². The lowest BCUT2D eigenvalue weighted by atomic mass is 9.77. The lowest BCUT2D eigenvalue weighted by molar-refractivity contribution is -0.305. The lowest BCUT2D eigenvalue weighted by Gasteiger charge is -2.28. The molecule has 0 saturated heterocycles. The molecule has 1 aliphatic carbocycles. The maximum atomic E-state index is 14.8. The maximum Gasteiger partial charge on any atom is 0.439 e. The average molecular weight is 480 g/mol. The van der Waals surface area contributed by atoms with Crippen LogP contribution in [0, 0.1) is 17.6 Å². The minimum absolute atomic E-state index is 0.00529. The van der Waals surface area contributed by atoms with Gasteiger partial charge in [-0.1, -0.05) is 38.0 Å². The number of rotatable bonds is 7. The van der Waals surface area contributed by atoms with Gasteiger partial charge in [0.25, 0.3) is 6.17 Å². The fraction of sp³-hybridized carbons (Fsp3) is 0.500. The van der Waals surface area contributed by atoms with Crippen LogP contribution < -0.4 is 4.74 Å². The van der Waals surface area contributed by atoms with Crippen LogP contribution >= 0.6 is 0 Å². The average Bonchev–Trinajstić information content (AvgIpc) is 2.74. The number of alkyl halides is 6. The molecule has 0 heterocycles. The van der Waals surface area contributed by atoms with E-state index in [2.05, 4.69) is 11.7 Å². The fourth-order valence-electron chi connectivity index (χ4n) is 4.35. The highest BCUT2D eigenvalue weighted by Gasteiger charge is 2.59. The Morgan fingerprint density at radius 1 is 0.909 bits per heavy atom. The zero-order chi connectivity index (χ0) is 24.4. The first kappa shape index (κ1) is 25.3. The molecule has 0 amide bonds. The molecule has 2 aromatic carbocycles. The Balaban J connectivity index is 1.75. The van der Waals surface area contributed by atoms with Crippen molar-refractivity contribution >= 4 is 0 Å². The molecule has 0 aromatic heterocycles. The largest absolute Gasteiger partial charge is 0.439 e. The fourth-order valence-corrected chi connectivity index (χ4v) is 4.35. The normalized spacial score (nSPS) is 20.5. The Bertz CT molecular complexity index is 948. The minimum Gasteiger partial charge on any atom is -0.427 e. The van der Waals surface area contributed by atoms with Crippen molar-refractivity contribution in [2.45, 2.75) is 69.8 Å². The Hall–Kier alpha value is -2.32. The topological polar surface area (TPSA) is 9.23 Å². The molecule has 0 spiro atoms. The molecule has 182 valence electrons. The van der Waals surface area contributed by atoms with Gasteiger partial charge in [-0.3, -0.25) is 0 Å². The van der Waals surface area contributed by atoms with Crippen molar-refractivity contribution in [1.29, 1.82) is 0 Å². The highest BCUT2D eigenvalue weighted by Crippen LogP contribution is 2.40. The van der Waals surface area contributed by atoms with Crippen LogP contribution in [0.3, 0.4) is 0 Å². The van der Waals surface area contributed by atoms with Gasteiger partial charge in [0.1, 0.15) is 5.82 Å². The first-order chi connectivity index (χ1) is 15.4. The second-order valence-corrected chi connectivity index (χ2v) is 8.46. The highest BCUT2D eigenvalue weighted by molar-refractivity contribution is 5.65. The molecule has 0 aliphatic heterocycles. The molecule has 9 heteroatoms. The third-order valence-corrected chi connectivity index (χ3v) is 6.08. The predicted octanol–water partition coefficient (Wildman–Crippen LogP) is 8.58. The third kappa shape index (κ3) is 5.98. The Morgan fingerprint density at radius 2 is 1.58 bits per heavy atom. The van der Waals surface area contributed by atoms with Gasteiger partial charge >= 0.3 is 12.3 Å². The molecular weight excluding hydrogens is 456 g/mol. The van der Waals surface area contributed by atoms with E-state index < -0.39 is 35.8 Å². The quantitative estimate of drug-likeness (QED) is 0.361. The molecule has 2 aromatic rings. The van der Waals surface area contributed by atoms with Crippen molar-refractivity contribution in [2.75, 3.05) is 0 Å². The molecule has 0 bridgehead atoms. The summed E-state index contributed by atoms with van der Waals surface area (Å²) < 4.78 is 109. The van der Waals surface area contributed by atoms with Gasteiger partial charge < -0.3 is 4.74 Å². The molecule has 1 atom stereocenters. The zero-order valence-electron chi connectivity index (χ0n) is 17.9. The van der Waals surface area contributed by atoms with Crippen LogP contribution in [0.15, 0.2) is 36.4 Å². The highest BCUT2D eigenvalue weighted by atomic mass is 19.4. The van der Waals surface area contributed by atoms with Crippen LogP contribution in [0.5, 0.6) is 5.75 Å². The lowest BCUT2D eigenvalue weighted by Crippen LogP contribution is -2.45. The van der Waals surface area contributed by atoms with E-state index in [9.17, 15) is 35.1 Å².